The van der Waals surface area contributed by atoms with Gasteiger partial charge in [-0.2, -0.15) is 0 Å². The maximum atomic E-state index is 12.9. The second kappa shape index (κ2) is 6.40. The fraction of sp³-hybridized carbons (Fsp3) is 0.231. The zero-order valence-electron chi connectivity index (χ0n) is 10.1. The Morgan fingerprint density at radius 2 is 2.32 bits per heavy atom. The quantitative estimate of drug-likeness (QED) is 0.797. The molecule has 0 fully saturated rings. The average molecular weight is 280 g/mol. The Morgan fingerprint density at radius 3 is 3.00 bits per heavy atom. The number of carbonyl (C=O) groups is 1. The number of carboxylic acids is 1. The maximum absolute atomic E-state index is 12.9. The average Bonchev–Trinajstić information content (AvgIpc) is 2.84. The van der Waals surface area contributed by atoms with Crippen LogP contribution in [0.1, 0.15) is 21.1 Å². The number of hydrogen-bond acceptors (Lipinski definition) is 4. The Labute approximate surface area is 113 Å². The van der Waals surface area contributed by atoms with E-state index in [2.05, 4.69) is 10.3 Å². The first-order chi connectivity index (χ1) is 9.15. The zero-order chi connectivity index (χ0) is 13.7. The van der Waals surface area contributed by atoms with Gasteiger partial charge in [0.2, 0.25) is 5.01 Å². The van der Waals surface area contributed by atoms with Crippen LogP contribution in [-0.2, 0) is 13.0 Å². The molecule has 0 amide bonds. The molecular formula is C13H13FN2O2S. The second-order valence-corrected chi connectivity index (χ2v) is 4.86. The molecule has 0 atom stereocenters. The van der Waals surface area contributed by atoms with Crippen LogP contribution in [-0.4, -0.2) is 22.6 Å². The van der Waals surface area contributed by atoms with Gasteiger partial charge in [0.25, 0.3) is 0 Å². The van der Waals surface area contributed by atoms with Crippen molar-refractivity contribution in [2.24, 2.45) is 0 Å². The van der Waals surface area contributed by atoms with Gasteiger partial charge in [0.05, 0.1) is 5.69 Å². The predicted octanol–water partition coefficient (Wildman–Crippen LogP) is 2.31. The molecule has 0 aliphatic rings. The van der Waals surface area contributed by atoms with Gasteiger partial charge >= 0.3 is 5.97 Å². The normalized spacial score (nSPS) is 10.6. The Kier molecular flexibility index (Phi) is 4.59. The molecular weight excluding hydrogens is 267 g/mol. The molecule has 1 aromatic carbocycles. The van der Waals surface area contributed by atoms with Gasteiger partial charge in [-0.3, -0.25) is 0 Å². The molecule has 19 heavy (non-hydrogen) atoms. The molecule has 2 N–H and O–H groups in total. The van der Waals surface area contributed by atoms with Crippen molar-refractivity contribution in [3.63, 3.8) is 0 Å². The molecule has 0 aliphatic carbocycles. The molecule has 4 nitrogen and oxygen atoms in total. The number of nitrogens with one attached hydrogen (secondary N) is 1. The summed E-state index contributed by atoms with van der Waals surface area (Å²) in [7, 11) is 0. The Balaban J connectivity index is 1.76. The fourth-order valence-electron chi connectivity index (χ4n) is 1.63. The monoisotopic (exact) mass is 280 g/mol. The summed E-state index contributed by atoms with van der Waals surface area (Å²) in [5.41, 5.74) is 1.64. The van der Waals surface area contributed by atoms with Gasteiger partial charge in [-0.25, -0.2) is 14.2 Å². The molecule has 100 valence electrons. The number of nitrogens with zero attached hydrogens (tertiary/aromatic N) is 1. The number of benzene rings is 1. The highest BCUT2D eigenvalue weighted by molar-refractivity contribution is 7.11. The summed E-state index contributed by atoms with van der Waals surface area (Å²) in [5.74, 6) is -1.24. The van der Waals surface area contributed by atoms with E-state index in [0.29, 0.717) is 25.2 Å². The third-order valence-electron chi connectivity index (χ3n) is 2.52. The molecule has 0 saturated heterocycles. The molecule has 2 rings (SSSR count). The molecule has 0 saturated carbocycles. The third kappa shape index (κ3) is 4.11. The van der Waals surface area contributed by atoms with Crippen LogP contribution in [0.25, 0.3) is 0 Å². The summed E-state index contributed by atoms with van der Waals surface area (Å²) >= 11 is 1.11. The Hall–Kier alpha value is -1.79. The highest BCUT2D eigenvalue weighted by Gasteiger charge is 2.08. The van der Waals surface area contributed by atoms with Crippen molar-refractivity contribution >= 4 is 17.3 Å². The lowest BCUT2D eigenvalue weighted by Crippen LogP contribution is -2.17. The van der Waals surface area contributed by atoms with Crippen LogP contribution in [0, 0.1) is 5.82 Å². The number of aromatic carboxylic acids is 1. The van der Waals surface area contributed by atoms with E-state index in [0.717, 1.165) is 16.9 Å². The van der Waals surface area contributed by atoms with E-state index in [1.54, 1.807) is 11.4 Å². The lowest BCUT2D eigenvalue weighted by atomic mass is 10.1. The molecule has 2 aromatic rings. The Morgan fingerprint density at radius 1 is 1.47 bits per heavy atom. The van der Waals surface area contributed by atoms with E-state index in [1.807, 2.05) is 6.07 Å². The molecule has 1 heterocycles. The first kappa shape index (κ1) is 13.6. The first-order valence-corrected chi connectivity index (χ1v) is 6.66. The number of halogens is 1. The van der Waals surface area contributed by atoms with E-state index in [9.17, 15) is 9.18 Å². The lowest BCUT2D eigenvalue weighted by Gasteiger charge is -2.03. The van der Waals surface area contributed by atoms with Crippen molar-refractivity contribution in [2.75, 3.05) is 6.54 Å². The minimum absolute atomic E-state index is 0.0990. The van der Waals surface area contributed by atoms with E-state index < -0.39 is 5.97 Å². The van der Waals surface area contributed by atoms with Crippen LogP contribution in [0.4, 0.5) is 4.39 Å². The summed E-state index contributed by atoms with van der Waals surface area (Å²) < 4.78 is 12.9. The molecule has 0 spiro atoms. The van der Waals surface area contributed by atoms with Crippen LogP contribution in [0.3, 0.4) is 0 Å². The summed E-state index contributed by atoms with van der Waals surface area (Å²) in [6.07, 6.45) is 0.716. The van der Waals surface area contributed by atoms with E-state index in [-0.39, 0.29) is 10.8 Å². The minimum atomic E-state index is -1.00. The van der Waals surface area contributed by atoms with Gasteiger partial charge in [0.1, 0.15) is 5.82 Å². The fourth-order valence-corrected chi connectivity index (χ4v) is 2.28. The molecule has 0 aliphatic heterocycles. The molecule has 6 heteroatoms. The van der Waals surface area contributed by atoms with Gasteiger partial charge in [0.15, 0.2) is 0 Å². The van der Waals surface area contributed by atoms with E-state index >= 15 is 0 Å². The van der Waals surface area contributed by atoms with Crippen LogP contribution in [0.2, 0.25) is 0 Å². The number of aromatic nitrogens is 1. The molecule has 0 radical (unpaired) electrons. The maximum Gasteiger partial charge on any atom is 0.365 e. The number of thiazole rings is 1. The Bertz CT molecular complexity index is 571. The second-order valence-electron chi connectivity index (χ2n) is 4.01. The lowest BCUT2D eigenvalue weighted by molar-refractivity contribution is 0.0696. The summed E-state index contributed by atoms with van der Waals surface area (Å²) in [5, 5.41) is 13.7. The molecule has 0 bridgehead atoms. The van der Waals surface area contributed by atoms with Gasteiger partial charge in [-0.05, 0) is 30.7 Å². The SMILES string of the molecule is O=C(O)c1nc(CNCCc2cccc(F)c2)cs1. The standard InChI is InChI=1S/C13H13FN2O2S/c14-10-3-1-2-9(6-10)4-5-15-7-11-8-19-12(16-11)13(17)18/h1-3,6,8,15H,4-5,7H2,(H,17,18). The smallest absolute Gasteiger partial charge is 0.365 e. The van der Waals surface area contributed by atoms with Crippen molar-refractivity contribution in [1.29, 1.82) is 0 Å². The van der Waals surface area contributed by atoms with Crippen molar-refractivity contribution in [3.05, 3.63) is 51.7 Å². The van der Waals surface area contributed by atoms with Gasteiger partial charge in [-0.15, -0.1) is 11.3 Å². The highest BCUT2D eigenvalue weighted by atomic mass is 32.1. The van der Waals surface area contributed by atoms with Crippen LogP contribution >= 0.6 is 11.3 Å². The number of rotatable bonds is 6. The van der Waals surface area contributed by atoms with Gasteiger partial charge < -0.3 is 10.4 Å². The van der Waals surface area contributed by atoms with Crippen molar-refractivity contribution in [3.8, 4) is 0 Å². The molecule has 0 unspecified atom stereocenters. The van der Waals surface area contributed by atoms with Crippen LogP contribution in [0.5, 0.6) is 0 Å². The minimum Gasteiger partial charge on any atom is -0.476 e. The van der Waals surface area contributed by atoms with Crippen molar-refractivity contribution < 1.29 is 14.3 Å². The van der Waals surface area contributed by atoms with E-state index in [4.69, 9.17) is 5.11 Å². The summed E-state index contributed by atoms with van der Waals surface area (Å²) in [6.45, 7) is 1.20. The predicted molar refractivity (Wildman–Crippen MR) is 70.9 cm³/mol. The van der Waals surface area contributed by atoms with Gasteiger partial charge in [-0.1, -0.05) is 12.1 Å². The number of hydrogen-bond donors (Lipinski definition) is 2. The number of carboxylic acid groups (broad SMARTS) is 1. The van der Waals surface area contributed by atoms with Crippen LogP contribution in [0.15, 0.2) is 29.6 Å². The van der Waals surface area contributed by atoms with E-state index in [1.165, 1.54) is 12.1 Å². The highest BCUT2D eigenvalue weighted by Crippen LogP contribution is 2.09. The van der Waals surface area contributed by atoms with Crippen molar-refractivity contribution in [1.82, 2.24) is 10.3 Å². The third-order valence-corrected chi connectivity index (χ3v) is 3.40. The molecule has 1 aromatic heterocycles. The summed E-state index contributed by atoms with van der Waals surface area (Å²) in [4.78, 5) is 14.6. The topological polar surface area (TPSA) is 62.2 Å². The summed E-state index contributed by atoms with van der Waals surface area (Å²) in [6, 6.07) is 6.48. The van der Waals surface area contributed by atoms with Gasteiger partial charge in [0, 0.05) is 11.9 Å². The largest absolute Gasteiger partial charge is 0.476 e. The van der Waals surface area contributed by atoms with Crippen LogP contribution < -0.4 is 5.32 Å². The van der Waals surface area contributed by atoms with Crippen molar-refractivity contribution in [2.45, 2.75) is 13.0 Å². The zero-order valence-corrected chi connectivity index (χ0v) is 10.9. The first-order valence-electron chi connectivity index (χ1n) is 5.78.